The van der Waals surface area contributed by atoms with E-state index in [1.54, 1.807) is 24.9 Å². The molecule has 4 rings (SSSR count). The molecule has 144 valence electrons. The molecule has 1 amide bonds. The summed E-state index contributed by atoms with van der Waals surface area (Å²) >= 11 is 0. The maximum atomic E-state index is 13.3. The summed E-state index contributed by atoms with van der Waals surface area (Å²) in [6.45, 7) is 5.35. The predicted molar refractivity (Wildman–Crippen MR) is 101 cm³/mol. The predicted octanol–water partition coefficient (Wildman–Crippen LogP) is 3.30. The highest BCUT2D eigenvalue weighted by Gasteiger charge is 2.24. The van der Waals surface area contributed by atoms with Crippen LogP contribution in [0.4, 0.5) is 0 Å². The van der Waals surface area contributed by atoms with Crippen molar-refractivity contribution in [3.05, 3.63) is 70.9 Å². The van der Waals surface area contributed by atoms with Gasteiger partial charge in [-0.15, -0.1) is 0 Å². The van der Waals surface area contributed by atoms with Crippen molar-refractivity contribution in [2.45, 2.75) is 26.9 Å². The molecule has 0 saturated heterocycles. The number of carbonyl (C=O) groups is 1. The summed E-state index contributed by atoms with van der Waals surface area (Å²) in [7, 11) is 0. The molecule has 0 fully saturated rings. The first kappa shape index (κ1) is 18.0. The molecule has 7 heteroatoms. The zero-order valence-corrected chi connectivity index (χ0v) is 15.8. The molecule has 3 aromatic rings. The van der Waals surface area contributed by atoms with Gasteiger partial charge in [-0.25, -0.2) is 0 Å². The van der Waals surface area contributed by atoms with Crippen LogP contribution in [0.15, 0.2) is 47.1 Å². The molecule has 0 atom stereocenters. The number of rotatable bonds is 5. The summed E-state index contributed by atoms with van der Waals surface area (Å²) in [6.07, 6.45) is 1.72. The average Bonchev–Trinajstić information content (AvgIpc) is 3.06. The Kier molecular flexibility index (Phi) is 4.97. The van der Waals surface area contributed by atoms with Crippen LogP contribution in [0.3, 0.4) is 0 Å². The highest BCUT2D eigenvalue weighted by Crippen LogP contribution is 2.31. The Labute approximate surface area is 162 Å². The largest absolute Gasteiger partial charge is 0.486 e. The first-order valence-corrected chi connectivity index (χ1v) is 9.12. The van der Waals surface area contributed by atoms with Gasteiger partial charge in [0.05, 0.1) is 17.9 Å². The van der Waals surface area contributed by atoms with E-state index in [0.29, 0.717) is 49.1 Å². The number of hydrogen-bond acceptors (Lipinski definition) is 6. The van der Waals surface area contributed by atoms with Crippen molar-refractivity contribution in [2.75, 3.05) is 13.2 Å². The number of hydrogen-bond donors (Lipinski definition) is 0. The Morgan fingerprint density at radius 1 is 1.07 bits per heavy atom. The lowest BCUT2D eigenvalue weighted by molar-refractivity contribution is 0.0725. The molecule has 3 heterocycles. The summed E-state index contributed by atoms with van der Waals surface area (Å²) in [4.78, 5) is 19.4. The van der Waals surface area contributed by atoms with Gasteiger partial charge >= 0.3 is 0 Å². The number of nitrogens with zero attached hydrogens (tertiary/aromatic N) is 3. The molecule has 1 aliphatic rings. The normalized spacial score (nSPS) is 12.6. The summed E-state index contributed by atoms with van der Waals surface area (Å²) in [6, 6.07) is 11.4. The fourth-order valence-corrected chi connectivity index (χ4v) is 3.24. The van der Waals surface area contributed by atoms with Crippen LogP contribution in [0, 0.1) is 13.8 Å². The molecular weight excluding hydrogens is 358 g/mol. The highest BCUT2D eigenvalue weighted by atomic mass is 16.6. The van der Waals surface area contributed by atoms with Gasteiger partial charge in [-0.2, -0.15) is 0 Å². The number of fused-ring (bicyclic) bond motifs is 1. The van der Waals surface area contributed by atoms with Crippen molar-refractivity contribution in [3.8, 4) is 11.5 Å². The number of benzene rings is 1. The minimum Gasteiger partial charge on any atom is -0.486 e. The molecule has 0 aliphatic carbocycles. The van der Waals surface area contributed by atoms with Crippen LogP contribution < -0.4 is 9.47 Å². The van der Waals surface area contributed by atoms with Gasteiger partial charge in [0.15, 0.2) is 11.5 Å². The Bertz CT molecular complexity index is 965. The van der Waals surface area contributed by atoms with E-state index in [1.165, 1.54) is 0 Å². The van der Waals surface area contributed by atoms with E-state index < -0.39 is 0 Å². The molecular formula is C21H21N3O4. The number of aryl methyl sites for hydroxylation is 2. The van der Waals surface area contributed by atoms with Crippen LogP contribution in [-0.2, 0) is 13.1 Å². The van der Waals surface area contributed by atoms with Crippen LogP contribution in [-0.4, -0.2) is 34.2 Å². The monoisotopic (exact) mass is 379 g/mol. The number of aromatic nitrogens is 2. The van der Waals surface area contributed by atoms with Gasteiger partial charge in [0.1, 0.15) is 24.5 Å². The number of ether oxygens (including phenoxy) is 2. The van der Waals surface area contributed by atoms with Crippen LogP contribution >= 0.6 is 0 Å². The Morgan fingerprint density at radius 3 is 2.61 bits per heavy atom. The smallest absolute Gasteiger partial charge is 0.260 e. The van der Waals surface area contributed by atoms with Crippen molar-refractivity contribution in [3.63, 3.8) is 0 Å². The Hall–Kier alpha value is -3.35. The summed E-state index contributed by atoms with van der Waals surface area (Å²) < 4.78 is 16.4. The quantitative estimate of drug-likeness (QED) is 0.677. The first-order valence-electron chi connectivity index (χ1n) is 9.12. The van der Waals surface area contributed by atoms with Gasteiger partial charge in [0, 0.05) is 12.7 Å². The zero-order chi connectivity index (χ0) is 19.5. The lowest BCUT2D eigenvalue weighted by Gasteiger charge is -2.24. The third-order valence-electron chi connectivity index (χ3n) is 4.59. The van der Waals surface area contributed by atoms with Gasteiger partial charge < -0.3 is 18.9 Å². The number of carbonyl (C=O) groups excluding carboxylic acids is 1. The first-order chi connectivity index (χ1) is 13.6. The lowest BCUT2D eigenvalue weighted by Crippen LogP contribution is -2.31. The molecule has 0 unspecified atom stereocenters. The maximum Gasteiger partial charge on any atom is 0.260 e. The van der Waals surface area contributed by atoms with Crippen molar-refractivity contribution >= 4 is 5.91 Å². The van der Waals surface area contributed by atoms with Crippen molar-refractivity contribution < 1.29 is 18.8 Å². The molecule has 1 aliphatic heterocycles. The second-order valence-electron chi connectivity index (χ2n) is 6.66. The van der Waals surface area contributed by atoms with Crippen molar-refractivity contribution in [1.82, 2.24) is 15.0 Å². The number of amides is 1. The zero-order valence-electron chi connectivity index (χ0n) is 15.8. The molecule has 1 aromatic carbocycles. The van der Waals surface area contributed by atoms with E-state index >= 15 is 0 Å². The van der Waals surface area contributed by atoms with E-state index in [9.17, 15) is 4.79 Å². The fourth-order valence-electron chi connectivity index (χ4n) is 3.24. The highest BCUT2D eigenvalue weighted by molar-refractivity contribution is 5.96. The molecule has 0 N–H and O–H groups in total. The van der Waals surface area contributed by atoms with E-state index in [-0.39, 0.29) is 5.91 Å². The van der Waals surface area contributed by atoms with Crippen LogP contribution in [0.1, 0.15) is 33.1 Å². The van der Waals surface area contributed by atoms with E-state index in [2.05, 4.69) is 10.1 Å². The lowest BCUT2D eigenvalue weighted by atomic mass is 10.1. The van der Waals surface area contributed by atoms with Gasteiger partial charge in [-0.3, -0.25) is 9.78 Å². The van der Waals surface area contributed by atoms with E-state index in [1.807, 2.05) is 36.4 Å². The Balaban J connectivity index is 1.64. The second-order valence-corrected chi connectivity index (χ2v) is 6.66. The molecule has 0 bridgehead atoms. The van der Waals surface area contributed by atoms with Gasteiger partial charge in [0.2, 0.25) is 0 Å². The minimum absolute atomic E-state index is 0.142. The van der Waals surface area contributed by atoms with E-state index in [4.69, 9.17) is 14.0 Å². The third-order valence-corrected chi connectivity index (χ3v) is 4.59. The summed E-state index contributed by atoms with van der Waals surface area (Å²) in [5.74, 6) is 1.79. The topological polar surface area (TPSA) is 77.7 Å². The average molecular weight is 379 g/mol. The fraction of sp³-hybridized carbons (Fsp3) is 0.286. The van der Waals surface area contributed by atoms with Gasteiger partial charge in [-0.05, 0) is 43.7 Å². The van der Waals surface area contributed by atoms with Gasteiger partial charge in [0.25, 0.3) is 5.91 Å². The number of pyridine rings is 1. The van der Waals surface area contributed by atoms with E-state index in [0.717, 1.165) is 17.0 Å². The Morgan fingerprint density at radius 2 is 1.89 bits per heavy atom. The van der Waals surface area contributed by atoms with Crippen LogP contribution in [0.2, 0.25) is 0 Å². The standard InChI is InChI=1S/C21H21N3O4/c1-14-20(15(2)28-23-14)21(25)24(13-17-5-3-4-8-22-17)12-16-6-7-18-19(11-16)27-10-9-26-18/h3-8,11H,9-10,12-13H2,1-2H3. The molecule has 0 saturated carbocycles. The SMILES string of the molecule is Cc1noc(C)c1C(=O)N(Cc1ccc2c(c1)OCCO2)Cc1ccccn1. The van der Waals surface area contributed by atoms with Crippen molar-refractivity contribution in [2.24, 2.45) is 0 Å². The van der Waals surface area contributed by atoms with Crippen LogP contribution in [0.5, 0.6) is 11.5 Å². The molecule has 28 heavy (non-hydrogen) atoms. The third kappa shape index (κ3) is 3.69. The summed E-state index contributed by atoms with van der Waals surface area (Å²) in [5, 5.41) is 3.92. The maximum absolute atomic E-state index is 13.3. The molecule has 0 radical (unpaired) electrons. The minimum atomic E-state index is -0.142. The second kappa shape index (κ2) is 7.72. The molecule has 2 aromatic heterocycles. The van der Waals surface area contributed by atoms with Crippen molar-refractivity contribution in [1.29, 1.82) is 0 Å². The van der Waals surface area contributed by atoms with Gasteiger partial charge in [-0.1, -0.05) is 17.3 Å². The summed E-state index contributed by atoms with van der Waals surface area (Å²) in [5.41, 5.74) is 2.82. The molecule has 7 nitrogen and oxygen atoms in total. The molecule has 0 spiro atoms. The van der Waals surface area contributed by atoms with Crippen LogP contribution in [0.25, 0.3) is 0 Å².